The average Bonchev–Trinajstić information content (AvgIpc) is 2.86. The molecule has 1 fully saturated rings. The number of likely N-dealkylation sites (tertiary alicyclic amines) is 1. The second-order valence-corrected chi connectivity index (χ2v) is 4.85. The molecule has 1 aliphatic rings. The van der Waals surface area contributed by atoms with Gasteiger partial charge in [0.25, 0.3) is 5.91 Å². The molecule has 0 spiro atoms. The zero-order valence-corrected chi connectivity index (χ0v) is 11.1. The Kier molecular flexibility index (Phi) is 4.09. The van der Waals surface area contributed by atoms with E-state index in [0.29, 0.717) is 17.1 Å². The summed E-state index contributed by atoms with van der Waals surface area (Å²) in [5.41, 5.74) is 1.32. The molecule has 98 valence electrons. The molecule has 0 radical (unpaired) electrons. The molecule has 5 heteroatoms. The second-order valence-electron chi connectivity index (χ2n) is 4.42. The third-order valence-electron chi connectivity index (χ3n) is 3.33. The van der Waals surface area contributed by atoms with Gasteiger partial charge in [0.15, 0.2) is 0 Å². The van der Waals surface area contributed by atoms with Gasteiger partial charge in [0.05, 0.1) is 18.2 Å². The molecule has 1 aliphatic heterocycles. The lowest BCUT2D eigenvalue weighted by Gasteiger charge is -2.24. The maximum absolute atomic E-state index is 12.4. The number of rotatable bonds is 3. The molecule has 0 aliphatic carbocycles. The number of hydrogen-bond donors (Lipinski definition) is 2. The third-order valence-corrected chi connectivity index (χ3v) is 3.57. The Hall–Kier alpha value is -1.26. The average molecular weight is 269 g/mol. The molecule has 18 heavy (non-hydrogen) atoms. The van der Waals surface area contributed by atoms with E-state index in [1.807, 2.05) is 0 Å². The van der Waals surface area contributed by atoms with Crippen molar-refractivity contribution in [3.63, 3.8) is 0 Å². The molecule has 1 aromatic rings. The van der Waals surface area contributed by atoms with Gasteiger partial charge in [0.2, 0.25) is 0 Å². The standard InChI is InChI=1S/C13H17ClN2O2/c1-15-12-7-9(14)4-5-11(12)13(18)16-6-2-3-10(16)8-17/h4-5,7,10,15,17H,2-3,6,8H2,1H3/t10-/m0/s1. The summed E-state index contributed by atoms with van der Waals surface area (Å²) in [7, 11) is 1.76. The van der Waals surface area contributed by atoms with Crippen LogP contribution in [0, 0.1) is 0 Å². The maximum atomic E-state index is 12.4. The normalized spacial score (nSPS) is 19.1. The van der Waals surface area contributed by atoms with E-state index in [1.165, 1.54) is 0 Å². The molecular formula is C13H17ClN2O2. The predicted octanol–water partition coefficient (Wildman–Crippen LogP) is 1.98. The SMILES string of the molecule is CNc1cc(Cl)ccc1C(=O)N1CCC[C@H]1CO. The van der Waals surface area contributed by atoms with Gasteiger partial charge in [-0.15, -0.1) is 0 Å². The lowest BCUT2D eigenvalue weighted by Crippen LogP contribution is -2.37. The fourth-order valence-electron chi connectivity index (χ4n) is 2.36. The Morgan fingerprint density at radius 1 is 1.61 bits per heavy atom. The minimum Gasteiger partial charge on any atom is -0.394 e. The number of benzene rings is 1. The van der Waals surface area contributed by atoms with Crippen molar-refractivity contribution in [1.29, 1.82) is 0 Å². The molecule has 0 unspecified atom stereocenters. The number of nitrogens with zero attached hydrogens (tertiary/aromatic N) is 1. The molecule has 0 bridgehead atoms. The van der Waals surface area contributed by atoms with Crippen LogP contribution < -0.4 is 5.32 Å². The Morgan fingerprint density at radius 2 is 2.39 bits per heavy atom. The zero-order chi connectivity index (χ0) is 13.1. The van der Waals surface area contributed by atoms with Crippen molar-refractivity contribution >= 4 is 23.2 Å². The summed E-state index contributed by atoms with van der Waals surface area (Å²) in [4.78, 5) is 14.2. The highest BCUT2D eigenvalue weighted by molar-refractivity contribution is 6.31. The van der Waals surface area contributed by atoms with Crippen LogP contribution in [0.5, 0.6) is 0 Å². The van der Waals surface area contributed by atoms with Crippen LogP contribution in [-0.2, 0) is 0 Å². The van der Waals surface area contributed by atoms with Crippen LogP contribution in [0.3, 0.4) is 0 Å². The van der Waals surface area contributed by atoms with Crippen LogP contribution in [0.4, 0.5) is 5.69 Å². The summed E-state index contributed by atoms with van der Waals surface area (Å²) in [6, 6.07) is 5.11. The first-order chi connectivity index (χ1) is 8.67. The minimum absolute atomic E-state index is 0.0220. The number of aliphatic hydroxyl groups is 1. The van der Waals surface area contributed by atoms with Gasteiger partial charge in [0, 0.05) is 24.3 Å². The van der Waals surface area contributed by atoms with Gasteiger partial charge in [-0.05, 0) is 31.0 Å². The first kappa shape index (κ1) is 13.2. The number of carbonyl (C=O) groups is 1. The molecule has 2 rings (SSSR count). The van der Waals surface area contributed by atoms with Crippen molar-refractivity contribution in [1.82, 2.24) is 4.90 Å². The Bertz CT molecular complexity index is 451. The van der Waals surface area contributed by atoms with E-state index in [2.05, 4.69) is 5.32 Å². The molecule has 0 saturated carbocycles. The summed E-state index contributed by atoms with van der Waals surface area (Å²) in [5.74, 6) is -0.0485. The summed E-state index contributed by atoms with van der Waals surface area (Å²) < 4.78 is 0. The van der Waals surface area contributed by atoms with Crippen LogP contribution in [0.2, 0.25) is 5.02 Å². The van der Waals surface area contributed by atoms with Gasteiger partial charge in [-0.25, -0.2) is 0 Å². The third kappa shape index (κ3) is 2.44. The second kappa shape index (κ2) is 5.59. The summed E-state index contributed by atoms with van der Waals surface area (Å²) in [6.45, 7) is 0.726. The Labute approximate surface area is 112 Å². The van der Waals surface area contributed by atoms with E-state index in [-0.39, 0.29) is 18.6 Å². The van der Waals surface area contributed by atoms with Gasteiger partial charge in [0.1, 0.15) is 0 Å². The number of hydrogen-bond acceptors (Lipinski definition) is 3. The van der Waals surface area contributed by atoms with Crippen molar-refractivity contribution in [2.75, 3.05) is 25.5 Å². The maximum Gasteiger partial charge on any atom is 0.256 e. The smallest absolute Gasteiger partial charge is 0.256 e. The van der Waals surface area contributed by atoms with Crippen molar-refractivity contribution in [2.24, 2.45) is 0 Å². The Morgan fingerprint density at radius 3 is 3.06 bits per heavy atom. The quantitative estimate of drug-likeness (QED) is 0.881. The number of aliphatic hydroxyl groups excluding tert-OH is 1. The van der Waals surface area contributed by atoms with E-state index in [1.54, 1.807) is 30.1 Å². The van der Waals surface area contributed by atoms with E-state index in [9.17, 15) is 9.90 Å². The fourth-order valence-corrected chi connectivity index (χ4v) is 2.53. The molecule has 1 saturated heterocycles. The summed E-state index contributed by atoms with van der Waals surface area (Å²) in [5, 5.41) is 12.8. The number of nitrogens with one attached hydrogen (secondary N) is 1. The fraction of sp³-hybridized carbons (Fsp3) is 0.462. The lowest BCUT2D eigenvalue weighted by molar-refractivity contribution is 0.0678. The lowest BCUT2D eigenvalue weighted by atomic mass is 10.1. The molecule has 1 aromatic carbocycles. The minimum atomic E-state index is -0.0575. The number of anilines is 1. The first-order valence-corrected chi connectivity index (χ1v) is 6.44. The Balaban J connectivity index is 2.28. The zero-order valence-electron chi connectivity index (χ0n) is 10.3. The van der Waals surface area contributed by atoms with E-state index in [4.69, 9.17) is 11.6 Å². The predicted molar refractivity (Wildman–Crippen MR) is 72.1 cm³/mol. The molecule has 1 amide bonds. The van der Waals surface area contributed by atoms with Crippen molar-refractivity contribution < 1.29 is 9.90 Å². The molecule has 1 heterocycles. The number of amides is 1. The van der Waals surface area contributed by atoms with Crippen LogP contribution in [0.1, 0.15) is 23.2 Å². The van der Waals surface area contributed by atoms with Crippen LogP contribution in [-0.4, -0.2) is 42.2 Å². The van der Waals surface area contributed by atoms with E-state index < -0.39 is 0 Å². The number of carbonyl (C=O) groups excluding carboxylic acids is 1. The van der Waals surface area contributed by atoms with Gasteiger partial charge >= 0.3 is 0 Å². The van der Waals surface area contributed by atoms with Crippen molar-refractivity contribution in [3.05, 3.63) is 28.8 Å². The summed E-state index contributed by atoms with van der Waals surface area (Å²) in [6.07, 6.45) is 1.81. The van der Waals surface area contributed by atoms with Gasteiger partial charge in [-0.3, -0.25) is 4.79 Å². The van der Waals surface area contributed by atoms with Crippen LogP contribution >= 0.6 is 11.6 Å². The highest BCUT2D eigenvalue weighted by Gasteiger charge is 2.29. The molecule has 2 N–H and O–H groups in total. The monoisotopic (exact) mass is 268 g/mol. The van der Waals surface area contributed by atoms with E-state index in [0.717, 1.165) is 18.5 Å². The van der Waals surface area contributed by atoms with E-state index >= 15 is 0 Å². The number of halogens is 1. The molecule has 1 atom stereocenters. The topological polar surface area (TPSA) is 52.6 Å². The van der Waals surface area contributed by atoms with Gasteiger partial charge in [-0.1, -0.05) is 11.6 Å². The van der Waals surface area contributed by atoms with Gasteiger partial charge in [-0.2, -0.15) is 0 Å². The highest BCUT2D eigenvalue weighted by Crippen LogP contribution is 2.25. The highest BCUT2D eigenvalue weighted by atomic mass is 35.5. The first-order valence-electron chi connectivity index (χ1n) is 6.06. The van der Waals surface area contributed by atoms with Crippen LogP contribution in [0.25, 0.3) is 0 Å². The van der Waals surface area contributed by atoms with Crippen molar-refractivity contribution in [2.45, 2.75) is 18.9 Å². The molecule has 0 aromatic heterocycles. The molecular weight excluding hydrogens is 252 g/mol. The largest absolute Gasteiger partial charge is 0.394 e. The molecule has 4 nitrogen and oxygen atoms in total. The van der Waals surface area contributed by atoms with Crippen molar-refractivity contribution in [3.8, 4) is 0 Å². The van der Waals surface area contributed by atoms with Crippen LogP contribution in [0.15, 0.2) is 18.2 Å². The summed E-state index contributed by atoms with van der Waals surface area (Å²) >= 11 is 5.91. The van der Waals surface area contributed by atoms with Gasteiger partial charge < -0.3 is 15.3 Å².